The molecule has 52 valence electrons. The number of pyridine rings is 1. The summed E-state index contributed by atoms with van der Waals surface area (Å²) in [6.07, 6.45) is 0. The molecular formula is C6H4INO2. The van der Waals surface area contributed by atoms with Crippen molar-refractivity contribution in [3.05, 3.63) is 27.6 Å². The van der Waals surface area contributed by atoms with Crippen molar-refractivity contribution in [1.82, 2.24) is 4.98 Å². The Kier molecular flexibility index (Phi) is 2.21. The van der Waals surface area contributed by atoms with Gasteiger partial charge < -0.3 is 5.11 Å². The van der Waals surface area contributed by atoms with Crippen molar-refractivity contribution in [2.75, 3.05) is 0 Å². The molecule has 0 saturated heterocycles. The second kappa shape index (κ2) is 2.96. The van der Waals surface area contributed by atoms with Gasteiger partial charge in [0.05, 0.1) is 0 Å². The number of nitrogens with zero attached hydrogens (tertiary/aromatic N) is 1. The van der Waals surface area contributed by atoms with Gasteiger partial charge in [-0.3, -0.25) is 0 Å². The predicted octanol–water partition coefficient (Wildman–Crippen LogP) is 1.38. The smallest absolute Gasteiger partial charge is 0.354 e. The molecule has 1 aromatic rings. The van der Waals surface area contributed by atoms with Crippen LogP contribution in [0.4, 0.5) is 0 Å². The summed E-state index contributed by atoms with van der Waals surface area (Å²) in [5.41, 5.74) is 0.0897. The number of halogens is 1. The van der Waals surface area contributed by atoms with E-state index in [1.807, 2.05) is 22.6 Å². The van der Waals surface area contributed by atoms with Crippen molar-refractivity contribution in [3.63, 3.8) is 0 Å². The molecule has 4 heteroatoms. The molecule has 0 saturated carbocycles. The molecule has 1 heterocycles. The maximum Gasteiger partial charge on any atom is 0.354 e. The van der Waals surface area contributed by atoms with Crippen LogP contribution in [0, 0.1) is 3.70 Å². The van der Waals surface area contributed by atoms with Gasteiger partial charge in [-0.1, -0.05) is 6.07 Å². The fourth-order valence-electron chi connectivity index (χ4n) is 0.527. The highest BCUT2D eigenvalue weighted by Crippen LogP contribution is 2.01. The molecule has 0 aliphatic rings. The van der Waals surface area contributed by atoms with Crippen LogP contribution in [0.3, 0.4) is 0 Å². The van der Waals surface area contributed by atoms with Crippen LogP contribution in [0.15, 0.2) is 18.2 Å². The molecule has 1 aromatic heterocycles. The lowest BCUT2D eigenvalue weighted by molar-refractivity contribution is 0.0690. The maximum absolute atomic E-state index is 10.3. The van der Waals surface area contributed by atoms with Crippen LogP contribution in [0.5, 0.6) is 0 Å². The molecule has 0 radical (unpaired) electrons. The number of hydrogen-bond acceptors (Lipinski definition) is 2. The molecule has 0 aromatic carbocycles. The normalized spacial score (nSPS) is 9.30. The second-order valence-corrected chi connectivity index (χ2v) is 2.76. The van der Waals surface area contributed by atoms with Gasteiger partial charge in [-0.15, -0.1) is 0 Å². The third-order valence-electron chi connectivity index (χ3n) is 0.934. The number of aromatic nitrogens is 1. The number of aromatic carboxylic acids is 1. The lowest BCUT2D eigenvalue weighted by Gasteiger charge is -1.91. The van der Waals surface area contributed by atoms with E-state index in [0.717, 1.165) is 0 Å². The SMILES string of the molecule is O=C(O)c1cccc(I)n1. The summed E-state index contributed by atoms with van der Waals surface area (Å²) in [6, 6.07) is 4.87. The van der Waals surface area contributed by atoms with Gasteiger partial charge in [0.2, 0.25) is 0 Å². The number of carbonyl (C=O) groups is 1. The van der Waals surface area contributed by atoms with Crippen LogP contribution in [0.25, 0.3) is 0 Å². The van der Waals surface area contributed by atoms with Crippen molar-refractivity contribution in [2.24, 2.45) is 0 Å². The third-order valence-corrected chi connectivity index (χ3v) is 1.54. The molecule has 0 bridgehead atoms. The van der Waals surface area contributed by atoms with E-state index >= 15 is 0 Å². The average molecular weight is 249 g/mol. The van der Waals surface area contributed by atoms with E-state index in [1.165, 1.54) is 6.07 Å². The summed E-state index contributed by atoms with van der Waals surface area (Å²) in [5, 5.41) is 8.44. The molecule has 1 rings (SSSR count). The number of carboxylic acid groups (broad SMARTS) is 1. The van der Waals surface area contributed by atoms with Crippen molar-refractivity contribution in [1.29, 1.82) is 0 Å². The lowest BCUT2D eigenvalue weighted by Crippen LogP contribution is -1.99. The molecule has 0 aliphatic heterocycles. The largest absolute Gasteiger partial charge is 0.477 e. The Bertz CT molecular complexity index is 262. The molecule has 10 heavy (non-hydrogen) atoms. The summed E-state index contributed by atoms with van der Waals surface area (Å²) >= 11 is 1.96. The van der Waals surface area contributed by atoms with Crippen molar-refractivity contribution >= 4 is 28.6 Å². The van der Waals surface area contributed by atoms with Gasteiger partial charge in [0.15, 0.2) is 0 Å². The molecule has 0 fully saturated rings. The van der Waals surface area contributed by atoms with Gasteiger partial charge in [-0.2, -0.15) is 0 Å². The quantitative estimate of drug-likeness (QED) is 0.604. The first-order valence-corrected chi connectivity index (χ1v) is 3.64. The van der Waals surface area contributed by atoms with Crippen molar-refractivity contribution < 1.29 is 9.90 Å². The van der Waals surface area contributed by atoms with E-state index in [0.29, 0.717) is 3.70 Å². The molecule has 3 nitrogen and oxygen atoms in total. The zero-order valence-corrected chi connectivity index (χ0v) is 7.07. The molecule has 0 spiro atoms. The summed E-state index contributed by atoms with van der Waals surface area (Å²) < 4.78 is 0.692. The fraction of sp³-hybridized carbons (Fsp3) is 0. The first-order chi connectivity index (χ1) is 4.70. The zero-order chi connectivity index (χ0) is 7.56. The summed E-state index contributed by atoms with van der Waals surface area (Å²) in [5.74, 6) is -0.987. The first kappa shape index (κ1) is 7.46. The Hall–Kier alpha value is -0.650. The van der Waals surface area contributed by atoms with Crippen LogP contribution in [0.2, 0.25) is 0 Å². The highest BCUT2D eigenvalue weighted by atomic mass is 127. The Morgan fingerprint density at radius 1 is 1.60 bits per heavy atom. The van der Waals surface area contributed by atoms with Crippen molar-refractivity contribution in [3.8, 4) is 0 Å². The van der Waals surface area contributed by atoms with Gasteiger partial charge in [-0.25, -0.2) is 9.78 Å². The van der Waals surface area contributed by atoms with Crippen LogP contribution in [0.1, 0.15) is 10.5 Å². The predicted molar refractivity (Wildman–Crippen MR) is 43.9 cm³/mol. The number of rotatable bonds is 1. The fourth-order valence-corrected chi connectivity index (χ4v) is 0.995. The van der Waals surface area contributed by atoms with Crippen molar-refractivity contribution in [2.45, 2.75) is 0 Å². The summed E-state index contributed by atoms with van der Waals surface area (Å²) in [6.45, 7) is 0. The van der Waals surface area contributed by atoms with Gasteiger partial charge in [0, 0.05) is 0 Å². The monoisotopic (exact) mass is 249 g/mol. The number of hydrogen-bond donors (Lipinski definition) is 1. The van der Waals surface area contributed by atoms with E-state index in [4.69, 9.17) is 5.11 Å². The van der Waals surface area contributed by atoms with Gasteiger partial charge in [-0.05, 0) is 34.7 Å². The Labute approximate surface area is 71.2 Å². The van der Waals surface area contributed by atoms with E-state index in [2.05, 4.69) is 4.98 Å². The standard InChI is InChI=1S/C6H4INO2/c7-5-3-1-2-4(8-5)6(9)10/h1-3H,(H,9,10). The van der Waals surface area contributed by atoms with Gasteiger partial charge >= 0.3 is 5.97 Å². The van der Waals surface area contributed by atoms with Crippen LogP contribution < -0.4 is 0 Å². The van der Waals surface area contributed by atoms with E-state index in [1.54, 1.807) is 12.1 Å². The Morgan fingerprint density at radius 3 is 2.70 bits per heavy atom. The third kappa shape index (κ3) is 1.66. The minimum absolute atomic E-state index is 0.0897. The molecule has 0 aliphatic carbocycles. The lowest BCUT2D eigenvalue weighted by atomic mass is 10.4. The van der Waals surface area contributed by atoms with Gasteiger partial charge in [0.1, 0.15) is 9.39 Å². The van der Waals surface area contributed by atoms with Crippen LogP contribution in [-0.2, 0) is 0 Å². The Morgan fingerprint density at radius 2 is 2.30 bits per heavy atom. The van der Waals surface area contributed by atoms with E-state index in [9.17, 15) is 4.79 Å². The zero-order valence-electron chi connectivity index (χ0n) is 4.91. The molecular weight excluding hydrogens is 245 g/mol. The molecule has 1 N–H and O–H groups in total. The topological polar surface area (TPSA) is 50.2 Å². The first-order valence-electron chi connectivity index (χ1n) is 2.56. The maximum atomic E-state index is 10.3. The van der Waals surface area contributed by atoms with Crippen LogP contribution in [-0.4, -0.2) is 16.1 Å². The molecule has 0 atom stereocenters. The minimum Gasteiger partial charge on any atom is -0.477 e. The summed E-state index contributed by atoms with van der Waals surface area (Å²) in [4.78, 5) is 14.0. The Balaban J connectivity index is 3.07. The van der Waals surface area contributed by atoms with E-state index in [-0.39, 0.29) is 5.69 Å². The second-order valence-electron chi connectivity index (χ2n) is 1.65. The van der Waals surface area contributed by atoms with Crippen LogP contribution >= 0.6 is 22.6 Å². The average Bonchev–Trinajstić information content (AvgIpc) is 1.88. The number of carboxylic acids is 1. The highest BCUT2D eigenvalue weighted by Gasteiger charge is 2.02. The minimum atomic E-state index is -0.987. The van der Waals surface area contributed by atoms with E-state index < -0.39 is 5.97 Å². The molecule has 0 unspecified atom stereocenters. The molecule has 0 amide bonds. The van der Waals surface area contributed by atoms with Gasteiger partial charge in [0.25, 0.3) is 0 Å². The highest BCUT2D eigenvalue weighted by molar-refractivity contribution is 14.1. The summed E-state index contributed by atoms with van der Waals surface area (Å²) in [7, 11) is 0.